The Morgan fingerprint density at radius 3 is 1.90 bits per heavy atom. The summed E-state index contributed by atoms with van der Waals surface area (Å²) in [4.78, 5) is 34.4. The van der Waals surface area contributed by atoms with Gasteiger partial charge in [0.25, 0.3) is 0 Å². The van der Waals surface area contributed by atoms with Crippen molar-refractivity contribution in [1.82, 2.24) is 10.6 Å². The summed E-state index contributed by atoms with van der Waals surface area (Å²) in [6, 6.07) is -3.39. The van der Waals surface area contributed by atoms with Gasteiger partial charge in [0.05, 0.1) is 12.6 Å². The molecular formula is C11H23N5O5. The molecule has 0 aliphatic carbocycles. The molecule has 0 rings (SSSR count). The van der Waals surface area contributed by atoms with Crippen molar-refractivity contribution >= 4 is 17.8 Å². The molecule has 0 heterocycles. The van der Waals surface area contributed by atoms with Gasteiger partial charge in [0, 0.05) is 0 Å². The second kappa shape index (κ2) is 10.0. The van der Waals surface area contributed by atoms with Crippen molar-refractivity contribution < 1.29 is 24.6 Å². The summed E-state index contributed by atoms with van der Waals surface area (Å²) in [5.74, 6) is -2.73. The van der Waals surface area contributed by atoms with Crippen molar-refractivity contribution in [3.8, 4) is 0 Å². The third-order valence-electron chi connectivity index (χ3n) is 2.70. The Morgan fingerprint density at radius 2 is 1.48 bits per heavy atom. The van der Waals surface area contributed by atoms with Crippen LogP contribution in [0.15, 0.2) is 0 Å². The molecule has 0 radical (unpaired) electrons. The number of aliphatic hydroxyl groups excluding tert-OH is 1. The summed E-state index contributed by atoms with van der Waals surface area (Å²) in [6.45, 7) is -0.432. The van der Waals surface area contributed by atoms with Gasteiger partial charge in [-0.15, -0.1) is 0 Å². The van der Waals surface area contributed by atoms with Gasteiger partial charge in [-0.3, -0.25) is 9.59 Å². The molecule has 21 heavy (non-hydrogen) atoms. The van der Waals surface area contributed by atoms with Crippen LogP contribution in [0, 0.1) is 0 Å². The molecule has 0 saturated carbocycles. The third kappa shape index (κ3) is 6.99. The van der Waals surface area contributed by atoms with Gasteiger partial charge >= 0.3 is 5.97 Å². The zero-order valence-electron chi connectivity index (χ0n) is 11.6. The third-order valence-corrected chi connectivity index (χ3v) is 2.70. The molecule has 0 aliphatic heterocycles. The van der Waals surface area contributed by atoms with Gasteiger partial charge in [-0.05, 0) is 25.9 Å². The molecule has 0 bridgehead atoms. The Balaban J connectivity index is 4.60. The topological polar surface area (TPSA) is 194 Å². The molecule has 10 heteroatoms. The molecule has 0 unspecified atom stereocenters. The lowest BCUT2D eigenvalue weighted by molar-refractivity contribution is -0.142. The number of rotatable bonds is 10. The van der Waals surface area contributed by atoms with Gasteiger partial charge in [-0.2, -0.15) is 0 Å². The average Bonchev–Trinajstić information content (AvgIpc) is 2.43. The molecule has 0 spiro atoms. The van der Waals surface area contributed by atoms with Crippen LogP contribution in [-0.4, -0.2) is 65.8 Å². The van der Waals surface area contributed by atoms with Crippen LogP contribution < -0.4 is 27.8 Å². The van der Waals surface area contributed by atoms with E-state index < -0.39 is 42.5 Å². The Bertz CT molecular complexity index is 365. The molecule has 0 aromatic rings. The van der Waals surface area contributed by atoms with Gasteiger partial charge in [0.15, 0.2) is 0 Å². The Morgan fingerprint density at radius 1 is 0.952 bits per heavy atom. The van der Waals surface area contributed by atoms with Gasteiger partial charge in [-0.25, -0.2) is 4.79 Å². The van der Waals surface area contributed by atoms with E-state index in [4.69, 9.17) is 27.4 Å². The van der Waals surface area contributed by atoms with Crippen molar-refractivity contribution in [2.24, 2.45) is 17.2 Å². The fraction of sp³-hybridized carbons (Fsp3) is 0.727. The van der Waals surface area contributed by atoms with Crippen molar-refractivity contribution in [2.75, 3.05) is 19.7 Å². The highest BCUT2D eigenvalue weighted by molar-refractivity contribution is 5.91. The highest BCUT2D eigenvalue weighted by Crippen LogP contribution is 1.94. The van der Waals surface area contributed by atoms with Crippen molar-refractivity contribution in [3.63, 3.8) is 0 Å². The van der Waals surface area contributed by atoms with Crippen LogP contribution in [0.4, 0.5) is 0 Å². The number of nitrogens with two attached hydrogens (primary N) is 3. The Hall–Kier alpha value is -1.75. The smallest absolute Gasteiger partial charge is 0.326 e. The molecule has 10 N–H and O–H groups in total. The highest BCUT2D eigenvalue weighted by Gasteiger charge is 2.26. The first-order chi connectivity index (χ1) is 9.87. The number of aliphatic hydroxyl groups is 1. The number of amides is 2. The maximum Gasteiger partial charge on any atom is 0.326 e. The van der Waals surface area contributed by atoms with Crippen LogP contribution in [0.1, 0.15) is 12.8 Å². The van der Waals surface area contributed by atoms with E-state index in [0.29, 0.717) is 0 Å². The number of hydrogen-bond donors (Lipinski definition) is 7. The minimum atomic E-state index is -1.29. The lowest BCUT2D eigenvalue weighted by Crippen LogP contribution is -2.56. The molecule has 3 atom stereocenters. The summed E-state index contributed by atoms with van der Waals surface area (Å²) in [5, 5.41) is 22.4. The van der Waals surface area contributed by atoms with E-state index >= 15 is 0 Å². The van der Waals surface area contributed by atoms with Crippen LogP contribution in [0.2, 0.25) is 0 Å². The molecular weight excluding hydrogens is 282 g/mol. The van der Waals surface area contributed by atoms with Gasteiger partial charge in [0.2, 0.25) is 11.8 Å². The standard InChI is InChI=1S/C11H23N5O5/c12-3-1-6(14)9(18)16-8(5-17)10(19)15-7(2-4-13)11(20)21/h6-8,17H,1-5,12-14H2,(H,15,19)(H,16,18)(H,20,21)/t6-,7-,8-/m0/s1. The predicted octanol–water partition coefficient (Wildman–Crippen LogP) is -3.94. The number of carboxylic acid groups (broad SMARTS) is 1. The summed E-state index contributed by atoms with van der Waals surface area (Å²) in [6.07, 6.45) is 0.246. The number of nitrogens with one attached hydrogen (secondary N) is 2. The summed E-state index contributed by atoms with van der Waals surface area (Å²) in [7, 11) is 0. The van der Waals surface area contributed by atoms with Crippen LogP contribution in [0.3, 0.4) is 0 Å². The van der Waals surface area contributed by atoms with E-state index in [9.17, 15) is 14.4 Å². The maximum atomic E-state index is 11.8. The highest BCUT2D eigenvalue weighted by atomic mass is 16.4. The zero-order chi connectivity index (χ0) is 16.4. The fourth-order valence-electron chi connectivity index (χ4n) is 1.48. The van der Waals surface area contributed by atoms with Crippen LogP contribution >= 0.6 is 0 Å². The molecule has 0 aromatic heterocycles. The Kier molecular flexibility index (Phi) is 9.21. The number of carbonyl (C=O) groups excluding carboxylic acids is 2. The number of carbonyl (C=O) groups is 3. The summed E-state index contributed by atoms with van der Waals surface area (Å²) < 4.78 is 0. The first-order valence-electron chi connectivity index (χ1n) is 6.47. The Labute approximate surface area is 122 Å². The molecule has 122 valence electrons. The van der Waals surface area contributed by atoms with Crippen molar-refractivity contribution in [3.05, 3.63) is 0 Å². The minimum Gasteiger partial charge on any atom is -0.480 e. The molecule has 0 fully saturated rings. The minimum absolute atomic E-state index is 0.0276. The first-order valence-corrected chi connectivity index (χ1v) is 6.47. The van der Waals surface area contributed by atoms with E-state index in [-0.39, 0.29) is 25.9 Å². The second-order valence-corrected chi connectivity index (χ2v) is 4.40. The maximum absolute atomic E-state index is 11.8. The largest absolute Gasteiger partial charge is 0.480 e. The quantitative estimate of drug-likeness (QED) is 0.212. The van der Waals surface area contributed by atoms with Crippen LogP contribution in [0.25, 0.3) is 0 Å². The molecule has 2 amide bonds. The van der Waals surface area contributed by atoms with E-state index in [0.717, 1.165) is 0 Å². The monoisotopic (exact) mass is 305 g/mol. The predicted molar refractivity (Wildman–Crippen MR) is 73.9 cm³/mol. The van der Waals surface area contributed by atoms with Gasteiger partial charge in [0.1, 0.15) is 12.1 Å². The lowest BCUT2D eigenvalue weighted by atomic mass is 10.1. The number of hydrogen-bond acceptors (Lipinski definition) is 7. The van der Waals surface area contributed by atoms with E-state index in [1.165, 1.54) is 0 Å². The normalized spacial score (nSPS) is 14.9. The van der Waals surface area contributed by atoms with Gasteiger partial charge in [-0.1, -0.05) is 0 Å². The van der Waals surface area contributed by atoms with Crippen molar-refractivity contribution in [1.29, 1.82) is 0 Å². The second-order valence-electron chi connectivity index (χ2n) is 4.40. The zero-order valence-corrected chi connectivity index (χ0v) is 11.6. The van der Waals surface area contributed by atoms with E-state index in [1.54, 1.807) is 0 Å². The van der Waals surface area contributed by atoms with Crippen LogP contribution in [0.5, 0.6) is 0 Å². The van der Waals surface area contributed by atoms with Gasteiger partial charge < -0.3 is 38.0 Å². The van der Waals surface area contributed by atoms with E-state index in [2.05, 4.69) is 10.6 Å². The number of aliphatic carboxylic acids is 1. The first kappa shape index (κ1) is 19.2. The van der Waals surface area contributed by atoms with Crippen LogP contribution in [-0.2, 0) is 14.4 Å². The molecule has 0 aromatic carbocycles. The fourth-order valence-corrected chi connectivity index (χ4v) is 1.48. The lowest BCUT2D eigenvalue weighted by Gasteiger charge is -2.21. The SMILES string of the molecule is NCC[C@H](NC(=O)[C@H](CO)NC(=O)[C@@H](N)CCN)C(=O)O. The average molecular weight is 305 g/mol. The molecule has 10 nitrogen and oxygen atoms in total. The molecule has 0 aliphatic rings. The van der Waals surface area contributed by atoms with Crippen molar-refractivity contribution in [2.45, 2.75) is 31.0 Å². The summed E-state index contributed by atoms with van der Waals surface area (Å²) >= 11 is 0. The number of carboxylic acids is 1. The molecule has 0 saturated heterocycles. The van der Waals surface area contributed by atoms with E-state index in [1.807, 2.05) is 0 Å². The summed E-state index contributed by atoms with van der Waals surface area (Å²) in [5.41, 5.74) is 16.0.